The highest BCUT2D eigenvalue weighted by atomic mass is 19.1. The number of halogens is 1. The maximum Gasteiger partial charge on any atom is 0.137 e. The van der Waals surface area contributed by atoms with E-state index in [1.165, 1.54) is 12.1 Å². The van der Waals surface area contributed by atoms with E-state index < -0.39 is 12.2 Å². The van der Waals surface area contributed by atoms with Gasteiger partial charge in [0.25, 0.3) is 0 Å². The Morgan fingerprint density at radius 1 is 1.21 bits per heavy atom. The molecule has 0 unspecified atom stereocenters. The van der Waals surface area contributed by atoms with Crippen molar-refractivity contribution < 1.29 is 14.6 Å². The number of β-amino-alcohol motifs (C(OH)–C–C–N with tert-alkyl or cyclic N) is 1. The molecule has 1 fully saturated rings. The van der Waals surface area contributed by atoms with Gasteiger partial charge in [0, 0.05) is 26.0 Å². The van der Waals surface area contributed by atoms with Gasteiger partial charge in [-0.05, 0) is 49.5 Å². The molecule has 0 aliphatic carbocycles. The minimum atomic E-state index is -0.624. The van der Waals surface area contributed by atoms with Gasteiger partial charge in [-0.25, -0.2) is 9.37 Å². The summed E-state index contributed by atoms with van der Waals surface area (Å²) in [6, 6.07) is 5.98. The van der Waals surface area contributed by atoms with Crippen LogP contribution in [0.15, 0.2) is 36.7 Å². The van der Waals surface area contributed by atoms with Crippen LogP contribution in [0.25, 0.3) is 0 Å². The fourth-order valence-electron chi connectivity index (χ4n) is 3.36. The largest absolute Gasteiger partial charge is 0.387 e. The number of imidazole rings is 1. The number of aliphatic hydroxyl groups excluding tert-OH is 2. The fourth-order valence-corrected chi connectivity index (χ4v) is 3.36. The summed E-state index contributed by atoms with van der Waals surface area (Å²) in [6.07, 6.45) is 4.10. The first kappa shape index (κ1) is 17.1. The third-order valence-electron chi connectivity index (χ3n) is 4.89. The average molecular weight is 333 g/mol. The topological polar surface area (TPSA) is 61.5 Å². The lowest BCUT2D eigenvalue weighted by Crippen LogP contribution is -2.38. The number of hydrogen-bond donors (Lipinski definition) is 2. The lowest BCUT2D eigenvalue weighted by molar-refractivity contribution is 0.0346. The first-order chi connectivity index (χ1) is 11.5. The van der Waals surface area contributed by atoms with E-state index in [-0.39, 0.29) is 11.7 Å². The molecular weight excluding hydrogens is 309 g/mol. The van der Waals surface area contributed by atoms with Crippen molar-refractivity contribution in [3.8, 4) is 0 Å². The quantitative estimate of drug-likeness (QED) is 0.879. The molecule has 6 heteroatoms. The molecule has 130 valence electrons. The van der Waals surface area contributed by atoms with Crippen molar-refractivity contribution >= 4 is 0 Å². The van der Waals surface area contributed by atoms with E-state index >= 15 is 0 Å². The molecule has 1 aliphatic rings. The van der Waals surface area contributed by atoms with Crippen LogP contribution in [0.3, 0.4) is 0 Å². The van der Waals surface area contributed by atoms with Crippen LogP contribution in [-0.2, 0) is 7.05 Å². The minimum Gasteiger partial charge on any atom is -0.387 e. The predicted octanol–water partition coefficient (Wildman–Crippen LogP) is 2.04. The van der Waals surface area contributed by atoms with Crippen LogP contribution in [-0.4, -0.2) is 44.3 Å². The zero-order valence-corrected chi connectivity index (χ0v) is 13.8. The Morgan fingerprint density at radius 2 is 1.88 bits per heavy atom. The number of nitrogens with zero attached hydrogens (tertiary/aromatic N) is 3. The maximum absolute atomic E-state index is 12.9. The van der Waals surface area contributed by atoms with Crippen molar-refractivity contribution in [3.63, 3.8) is 0 Å². The Balaban J connectivity index is 1.51. The van der Waals surface area contributed by atoms with E-state index in [2.05, 4.69) is 9.88 Å². The number of piperidine rings is 1. The van der Waals surface area contributed by atoms with Gasteiger partial charge >= 0.3 is 0 Å². The summed E-state index contributed by atoms with van der Waals surface area (Å²) in [5.41, 5.74) is 0.728. The molecule has 0 amide bonds. The van der Waals surface area contributed by atoms with E-state index in [0.717, 1.165) is 31.5 Å². The van der Waals surface area contributed by atoms with Crippen molar-refractivity contribution in [2.45, 2.75) is 25.0 Å². The Labute approximate surface area is 141 Å². The highest BCUT2D eigenvalue weighted by Crippen LogP contribution is 2.30. The van der Waals surface area contributed by atoms with Crippen LogP contribution >= 0.6 is 0 Å². The normalized spacial score (nSPS) is 19.3. The van der Waals surface area contributed by atoms with E-state index in [0.29, 0.717) is 12.4 Å². The maximum atomic E-state index is 12.9. The first-order valence-corrected chi connectivity index (χ1v) is 8.36. The molecule has 1 saturated heterocycles. The smallest absolute Gasteiger partial charge is 0.137 e. The second-order valence-electron chi connectivity index (χ2n) is 6.55. The fraction of sp³-hybridized carbons (Fsp3) is 0.500. The lowest BCUT2D eigenvalue weighted by Gasteiger charge is -2.35. The summed E-state index contributed by atoms with van der Waals surface area (Å²) in [5.74, 6) is 0.597. The second-order valence-corrected chi connectivity index (χ2v) is 6.55. The van der Waals surface area contributed by atoms with Gasteiger partial charge in [0.2, 0.25) is 0 Å². The zero-order chi connectivity index (χ0) is 17.1. The van der Waals surface area contributed by atoms with Crippen molar-refractivity contribution in [1.29, 1.82) is 0 Å². The molecule has 0 saturated carbocycles. The highest BCUT2D eigenvalue weighted by molar-refractivity contribution is 5.18. The summed E-state index contributed by atoms with van der Waals surface area (Å²) in [7, 11) is 1.89. The summed E-state index contributed by atoms with van der Waals surface area (Å²) < 4.78 is 14.8. The molecule has 2 heterocycles. The van der Waals surface area contributed by atoms with Crippen LogP contribution in [0.1, 0.15) is 36.4 Å². The molecule has 1 aliphatic heterocycles. The SMILES string of the molecule is Cn1ccnc1[C@@H](O)C1CCN(C[C@H](O)c2ccc(F)cc2)CC1. The molecule has 2 aromatic rings. The van der Waals surface area contributed by atoms with E-state index in [1.807, 2.05) is 17.8 Å². The van der Waals surface area contributed by atoms with Crippen molar-refractivity contribution in [3.05, 3.63) is 53.9 Å². The third kappa shape index (κ3) is 3.83. The van der Waals surface area contributed by atoms with Gasteiger partial charge in [-0.15, -0.1) is 0 Å². The molecule has 0 bridgehead atoms. The average Bonchev–Trinajstić information content (AvgIpc) is 3.01. The number of aromatic nitrogens is 2. The number of aryl methyl sites for hydroxylation is 1. The van der Waals surface area contributed by atoms with Crippen molar-refractivity contribution in [1.82, 2.24) is 14.5 Å². The monoisotopic (exact) mass is 333 g/mol. The van der Waals surface area contributed by atoms with Crippen LogP contribution < -0.4 is 0 Å². The summed E-state index contributed by atoms with van der Waals surface area (Å²) >= 11 is 0. The zero-order valence-electron chi connectivity index (χ0n) is 13.8. The number of aliphatic hydroxyl groups is 2. The molecule has 24 heavy (non-hydrogen) atoms. The van der Waals surface area contributed by atoms with E-state index in [1.54, 1.807) is 18.3 Å². The summed E-state index contributed by atoms with van der Waals surface area (Å²) in [4.78, 5) is 6.42. The number of hydrogen-bond acceptors (Lipinski definition) is 4. The molecule has 3 rings (SSSR count). The van der Waals surface area contributed by atoms with Crippen LogP contribution in [0, 0.1) is 11.7 Å². The molecule has 2 atom stereocenters. The van der Waals surface area contributed by atoms with Gasteiger partial charge in [-0.2, -0.15) is 0 Å². The Kier molecular flexibility index (Phi) is 5.28. The van der Waals surface area contributed by atoms with E-state index in [4.69, 9.17) is 0 Å². The highest BCUT2D eigenvalue weighted by Gasteiger charge is 2.29. The van der Waals surface area contributed by atoms with E-state index in [9.17, 15) is 14.6 Å². The molecule has 1 aromatic carbocycles. The summed E-state index contributed by atoms with van der Waals surface area (Å²) in [5, 5.41) is 20.8. The molecule has 5 nitrogen and oxygen atoms in total. The van der Waals surface area contributed by atoms with Crippen LogP contribution in [0.2, 0.25) is 0 Å². The number of benzene rings is 1. The lowest BCUT2D eigenvalue weighted by atomic mass is 9.90. The Morgan fingerprint density at radius 3 is 2.46 bits per heavy atom. The molecule has 1 aromatic heterocycles. The predicted molar refractivity (Wildman–Crippen MR) is 88.7 cm³/mol. The third-order valence-corrected chi connectivity index (χ3v) is 4.89. The number of rotatable bonds is 5. The van der Waals surface area contributed by atoms with Gasteiger partial charge in [0.05, 0.1) is 6.10 Å². The summed E-state index contributed by atoms with van der Waals surface area (Å²) in [6.45, 7) is 2.17. The van der Waals surface area contributed by atoms with Gasteiger partial charge in [-0.3, -0.25) is 0 Å². The van der Waals surface area contributed by atoms with Gasteiger partial charge < -0.3 is 19.7 Å². The Bertz CT molecular complexity index is 651. The second kappa shape index (κ2) is 7.42. The van der Waals surface area contributed by atoms with Gasteiger partial charge in [0.1, 0.15) is 17.7 Å². The molecule has 0 radical (unpaired) electrons. The minimum absolute atomic E-state index is 0.185. The van der Waals surface area contributed by atoms with Crippen molar-refractivity contribution in [2.75, 3.05) is 19.6 Å². The van der Waals surface area contributed by atoms with Crippen LogP contribution in [0.5, 0.6) is 0 Å². The van der Waals surface area contributed by atoms with Gasteiger partial charge in [-0.1, -0.05) is 12.1 Å². The molecular formula is C18H24FN3O2. The van der Waals surface area contributed by atoms with Crippen LogP contribution in [0.4, 0.5) is 4.39 Å². The molecule has 2 N–H and O–H groups in total. The first-order valence-electron chi connectivity index (χ1n) is 8.36. The van der Waals surface area contributed by atoms with Gasteiger partial charge in [0.15, 0.2) is 0 Å². The number of likely N-dealkylation sites (tertiary alicyclic amines) is 1. The standard InChI is InChI=1S/C18H24FN3O2/c1-21-11-8-20-18(21)17(24)14-6-9-22(10-7-14)12-16(23)13-2-4-15(19)5-3-13/h2-5,8,11,14,16-17,23-24H,6-7,9-10,12H2,1H3/t16-,17-/m0/s1. The van der Waals surface area contributed by atoms with Crippen molar-refractivity contribution in [2.24, 2.45) is 13.0 Å². The Hall–Kier alpha value is -1.76. The molecule has 0 spiro atoms.